The average molecular weight is 439 g/mol. The van der Waals surface area contributed by atoms with E-state index in [9.17, 15) is 4.79 Å². The number of nitrogen functional groups attached to an aromatic ring is 1. The average Bonchev–Trinajstić information content (AvgIpc) is 3.05. The molecule has 2 heterocycles. The van der Waals surface area contributed by atoms with Gasteiger partial charge < -0.3 is 16.0 Å². The van der Waals surface area contributed by atoms with E-state index in [-0.39, 0.29) is 30.7 Å². The van der Waals surface area contributed by atoms with Crippen molar-refractivity contribution < 1.29 is 4.79 Å². The Balaban J connectivity index is 0.00000140. The summed E-state index contributed by atoms with van der Waals surface area (Å²) in [4.78, 5) is 19.1. The fourth-order valence-corrected chi connectivity index (χ4v) is 4.42. The molecule has 0 fully saturated rings. The number of fused-ring (bicyclic) bond motifs is 2. The van der Waals surface area contributed by atoms with Crippen molar-refractivity contribution in [3.05, 3.63) is 53.0 Å². The van der Waals surface area contributed by atoms with E-state index in [1.54, 1.807) is 11.3 Å². The molecule has 4 rings (SSSR count). The molecule has 0 spiro atoms. The van der Waals surface area contributed by atoms with Crippen LogP contribution >= 0.6 is 36.2 Å². The topological polar surface area (TPSA) is 71.2 Å². The van der Waals surface area contributed by atoms with Gasteiger partial charge in [0, 0.05) is 30.9 Å². The second kappa shape index (κ2) is 9.96. The second-order valence-corrected chi connectivity index (χ2v) is 7.66. The highest BCUT2D eigenvalue weighted by Gasteiger charge is 2.20. The van der Waals surface area contributed by atoms with Crippen LogP contribution in [0.4, 0.5) is 11.4 Å². The quantitative estimate of drug-likeness (QED) is 0.593. The molecule has 1 aromatic heterocycles. The van der Waals surface area contributed by atoms with Crippen molar-refractivity contribution in [3.63, 3.8) is 0 Å². The van der Waals surface area contributed by atoms with E-state index in [0.717, 1.165) is 47.7 Å². The molecule has 28 heavy (non-hydrogen) atoms. The maximum absolute atomic E-state index is 12.4. The summed E-state index contributed by atoms with van der Waals surface area (Å²) >= 11 is 1.69. The number of anilines is 2. The minimum absolute atomic E-state index is 0. The van der Waals surface area contributed by atoms with Crippen LogP contribution in [-0.2, 0) is 17.6 Å². The van der Waals surface area contributed by atoms with E-state index in [4.69, 9.17) is 5.73 Å². The molecule has 8 heteroatoms. The predicted molar refractivity (Wildman–Crippen MR) is 122 cm³/mol. The summed E-state index contributed by atoms with van der Waals surface area (Å²) < 4.78 is 1.19. The molecule has 3 aromatic rings. The fourth-order valence-electron chi connectivity index (χ4n) is 3.46. The number of halogens is 2. The van der Waals surface area contributed by atoms with Gasteiger partial charge in [0.15, 0.2) is 0 Å². The van der Waals surface area contributed by atoms with Crippen LogP contribution in [-0.4, -0.2) is 30.5 Å². The molecule has 1 amide bonds. The molecule has 150 valence electrons. The van der Waals surface area contributed by atoms with Crippen LogP contribution in [0, 0.1) is 0 Å². The maximum atomic E-state index is 12.4. The molecule has 0 aliphatic carbocycles. The Morgan fingerprint density at radius 1 is 1.18 bits per heavy atom. The molecule has 0 saturated carbocycles. The van der Waals surface area contributed by atoms with Gasteiger partial charge in [0.05, 0.1) is 21.8 Å². The summed E-state index contributed by atoms with van der Waals surface area (Å²) in [5.74, 6) is 0.0429. The molecular weight excluding hydrogens is 415 g/mol. The molecule has 1 aliphatic rings. The highest BCUT2D eigenvalue weighted by atomic mass is 35.5. The minimum atomic E-state index is 0. The van der Waals surface area contributed by atoms with Crippen molar-refractivity contribution in [2.45, 2.75) is 19.3 Å². The van der Waals surface area contributed by atoms with Crippen LogP contribution in [0.25, 0.3) is 10.2 Å². The zero-order chi connectivity index (χ0) is 17.9. The van der Waals surface area contributed by atoms with Gasteiger partial charge in [0.25, 0.3) is 0 Å². The van der Waals surface area contributed by atoms with Crippen molar-refractivity contribution in [2.24, 2.45) is 0 Å². The fraction of sp³-hybridized carbons (Fsp3) is 0.300. The zero-order valence-corrected chi connectivity index (χ0v) is 17.8. The van der Waals surface area contributed by atoms with Gasteiger partial charge in [-0.05, 0) is 42.7 Å². The third kappa shape index (κ3) is 4.87. The SMILES string of the molecule is Cl.Cl.Nc1cccc2c1CCCN2CC(=O)NCCc1nc2ccccc2s1. The highest BCUT2D eigenvalue weighted by Crippen LogP contribution is 2.30. The van der Waals surface area contributed by atoms with E-state index in [0.29, 0.717) is 13.1 Å². The van der Waals surface area contributed by atoms with Crippen molar-refractivity contribution in [3.8, 4) is 0 Å². The van der Waals surface area contributed by atoms with Crippen LogP contribution in [0.1, 0.15) is 17.0 Å². The Labute approximate surface area is 181 Å². The smallest absolute Gasteiger partial charge is 0.239 e. The number of nitrogens with two attached hydrogens (primary N) is 1. The third-order valence-corrected chi connectivity index (χ3v) is 5.81. The van der Waals surface area contributed by atoms with E-state index in [1.165, 1.54) is 10.3 Å². The van der Waals surface area contributed by atoms with E-state index < -0.39 is 0 Å². The minimum Gasteiger partial charge on any atom is -0.398 e. The number of nitrogens with zero attached hydrogens (tertiary/aromatic N) is 2. The summed E-state index contributed by atoms with van der Waals surface area (Å²) in [5, 5.41) is 4.08. The number of hydrogen-bond donors (Lipinski definition) is 2. The molecule has 0 unspecified atom stereocenters. The van der Waals surface area contributed by atoms with Crippen LogP contribution in [0.5, 0.6) is 0 Å². The molecule has 5 nitrogen and oxygen atoms in total. The van der Waals surface area contributed by atoms with Gasteiger partial charge in [-0.15, -0.1) is 36.2 Å². The lowest BCUT2D eigenvalue weighted by molar-refractivity contribution is -0.119. The molecule has 0 radical (unpaired) electrons. The third-order valence-electron chi connectivity index (χ3n) is 4.72. The summed E-state index contributed by atoms with van der Waals surface area (Å²) in [6.45, 7) is 1.87. The van der Waals surface area contributed by atoms with Crippen LogP contribution < -0.4 is 16.0 Å². The maximum Gasteiger partial charge on any atom is 0.239 e. The molecule has 0 bridgehead atoms. The van der Waals surface area contributed by atoms with Gasteiger partial charge in [0.2, 0.25) is 5.91 Å². The number of nitrogens with one attached hydrogen (secondary N) is 1. The van der Waals surface area contributed by atoms with Gasteiger partial charge in [-0.1, -0.05) is 18.2 Å². The van der Waals surface area contributed by atoms with Crippen molar-refractivity contribution in [1.82, 2.24) is 10.3 Å². The predicted octanol–water partition coefficient (Wildman–Crippen LogP) is 3.83. The first-order chi connectivity index (χ1) is 12.7. The van der Waals surface area contributed by atoms with Crippen LogP contribution in [0.2, 0.25) is 0 Å². The van der Waals surface area contributed by atoms with Gasteiger partial charge in [-0.25, -0.2) is 4.98 Å². The monoisotopic (exact) mass is 438 g/mol. The lowest BCUT2D eigenvalue weighted by Crippen LogP contribution is -2.40. The van der Waals surface area contributed by atoms with Gasteiger partial charge in [-0.3, -0.25) is 4.79 Å². The number of thiazole rings is 1. The van der Waals surface area contributed by atoms with Crippen LogP contribution in [0.15, 0.2) is 42.5 Å². The first-order valence-electron chi connectivity index (χ1n) is 8.94. The zero-order valence-electron chi connectivity index (χ0n) is 15.4. The number of para-hydroxylation sites is 1. The molecule has 0 saturated heterocycles. The summed E-state index contributed by atoms with van der Waals surface area (Å²) in [6.07, 6.45) is 2.77. The molecule has 3 N–H and O–H groups in total. The summed E-state index contributed by atoms with van der Waals surface area (Å²) in [6, 6.07) is 14.1. The number of benzene rings is 2. The number of carbonyl (C=O) groups is 1. The van der Waals surface area contributed by atoms with Gasteiger partial charge in [0.1, 0.15) is 0 Å². The lowest BCUT2D eigenvalue weighted by Gasteiger charge is -2.31. The van der Waals surface area contributed by atoms with E-state index in [2.05, 4.69) is 27.3 Å². The van der Waals surface area contributed by atoms with Gasteiger partial charge >= 0.3 is 0 Å². The number of hydrogen-bond acceptors (Lipinski definition) is 5. The number of carbonyl (C=O) groups excluding carboxylic acids is 1. The normalized spacial score (nSPS) is 12.6. The lowest BCUT2D eigenvalue weighted by atomic mass is 10.00. The van der Waals surface area contributed by atoms with Crippen LogP contribution in [0.3, 0.4) is 0 Å². The first-order valence-corrected chi connectivity index (χ1v) is 9.76. The summed E-state index contributed by atoms with van der Waals surface area (Å²) in [7, 11) is 0. The van der Waals surface area contributed by atoms with Crippen molar-refractivity contribution in [1.29, 1.82) is 0 Å². The Kier molecular flexibility index (Phi) is 7.92. The summed E-state index contributed by atoms with van der Waals surface area (Å²) in [5.41, 5.74) is 10.2. The molecule has 0 atom stereocenters. The van der Waals surface area contributed by atoms with Gasteiger partial charge in [-0.2, -0.15) is 0 Å². The number of rotatable bonds is 5. The largest absolute Gasteiger partial charge is 0.398 e. The Morgan fingerprint density at radius 3 is 2.82 bits per heavy atom. The number of aromatic nitrogens is 1. The first kappa shape index (κ1) is 22.3. The number of amides is 1. The molecule has 2 aromatic carbocycles. The molecular formula is C20H24Cl2N4OS. The van der Waals surface area contributed by atoms with E-state index in [1.807, 2.05) is 30.3 Å². The second-order valence-electron chi connectivity index (χ2n) is 6.55. The highest BCUT2D eigenvalue weighted by molar-refractivity contribution is 7.18. The molecule has 1 aliphatic heterocycles. The Morgan fingerprint density at radius 2 is 2.00 bits per heavy atom. The standard InChI is InChI=1S/C20H22N4OS.2ClH/c21-15-6-3-8-17-14(15)5-4-12-24(17)13-19(25)22-11-10-20-23-16-7-1-2-9-18(16)26-20;;/h1-3,6-9H,4-5,10-13,21H2,(H,22,25);2*1H. The van der Waals surface area contributed by atoms with Crippen molar-refractivity contribution in [2.75, 3.05) is 30.3 Å². The van der Waals surface area contributed by atoms with E-state index >= 15 is 0 Å². The Hall–Kier alpha value is -2.02. The van der Waals surface area contributed by atoms with Crippen molar-refractivity contribution >= 4 is 63.6 Å². The Bertz CT molecular complexity index is 914.